The van der Waals surface area contributed by atoms with Crippen LogP contribution < -0.4 is 21.1 Å². The van der Waals surface area contributed by atoms with E-state index in [1.54, 1.807) is 11.3 Å². The summed E-state index contributed by atoms with van der Waals surface area (Å²) >= 11 is 3.30. The first-order valence-electron chi connectivity index (χ1n) is 16.5. The van der Waals surface area contributed by atoms with Gasteiger partial charge in [0, 0.05) is 4.88 Å². The number of aliphatic imine (C=N–C) groups is 1. The average Bonchev–Trinajstić information content (AvgIpc) is 3.82. The number of hydrogen-bond acceptors (Lipinski definition) is 9. The summed E-state index contributed by atoms with van der Waals surface area (Å²) in [6, 6.07) is -0.442. The molecule has 0 fully saturated rings. The van der Waals surface area contributed by atoms with Gasteiger partial charge in [-0.05, 0) is 77.8 Å². The molecule has 3 aromatic rings. The Labute approximate surface area is 281 Å². The minimum absolute atomic E-state index is 0.0333. The molecule has 0 saturated carbocycles. The molecular formula is C34H47BN6O3S2. The zero-order valence-corrected chi connectivity index (χ0v) is 29.5. The molecule has 2 aromatic heterocycles. The van der Waals surface area contributed by atoms with E-state index in [9.17, 15) is 9.50 Å². The van der Waals surface area contributed by atoms with E-state index in [1.165, 1.54) is 73.9 Å². The molecule has 1 aromatic carbocycles. The Balaban J connectivity index is 0.000000447. The number of ketones is 1. The summed E-state index contributed by atoms with van der Waals surface area (Å²) in [4.78, 5) is 29.2. The first-order chi connectivity index (χ1) is 22.1. The fraction of sp³-hybridized carbons (Fsp3) is 0.588. The number of hydrogen-bond donors (Lipinski definition) is 3. The second-order valence-electron chi connectivity index (χ2n) is 13.1. The van der Waals surface area contributed by atoms with Crippen molar-refractivity contribution in [3.8, 4) is 5.75 Å². The number of nitrogens with zero attached hydrogens (tertiary/aromatic N) is 3. The molecule has 3 heterocycles. The molecule has 9 nitrogen and oxygen atoms in total. The van der Waals surface area contributed by atoms with E-state index in [-0.39, 0.29) is 17.8 Å². The number of rotatable bonds is 11. The van der Waals surface area contributed by atoms with Crippen molar-refractivity contribution < 1.29 is 14.2 Å². The van der Waals surface area contributed by atoms with Crippen LogP contribution in [0.3, 0.4) is 0 Å². The number of nitrogens with two attached hydrogens (primary N) is 1. The fourth-order valence-electron chi connectivity index (χ4n) is 6.51. The van der Waals surface area contributed by atoms with Gasteiger partial charge in [0.05, 0.1) is 11.2 Å². The van der Waals surface area contributed by atoms with E-state index in [0.29, 0.717) is 36.9 Å². The summed E-state index contributed by atoms with van der Waals surface area (Å²) in [6.07, 6.45) is 10.3. The molecule has 46 heavy (non-hydrogen) atoms. The van der Waals surface area contributed by atoms with Crippen molar-refractivity contribution >= 4 is 41.6 Å². The third-order valence-electron chi connectivity index (χ3n) is 9.39. The first kappa shape index (κ1) is 34.4. The molecule has 4 N–H and O–H groups in total. The number of aryl methyl sites for hydroxylation is 4. The molecule has 2 aliphatic carbocycles. The van der Waals surface area contributed by atoms with E-state index in [2.05, 4.69) is 60.2 Å². The van der Waals surface area contributed by atoms with Crippen LogP contribution in [0, 0.1) is 20.8 Å². The Hall–Kier alpha value is -2.96. The zero-order chi connectivity index (χ0) is 32.8. The predicted molar refractivity (Wildman–Crippen MR) is 187 cm³/mol. The summed E-state index contributed by atoms with van der Waals surface area (Å²) in [5.74, 6) is 1.38. The number of carbonyl (C=O) groups is 1. The largest absolute Gasteiger partial charge is 0.487 e. The molecule has 0 spiro atoms. The van der Waals surface area contributed by atoms with E-state index >= 15 is 0 Å². The van der Waals surface area contributed by atoms with Gasteiger partial charge in [-0.3, -0.25) is 0 Å². The fourth-order valence-corrected chi connectivity index (χ4v) is 8.51. The molecule has 3 aliphatic rings. The molecule has 0 saturated heterocycles. The molecule has 12 heteroatoms. The van der Waals surface area contributed by atoms with Crippen LogP contribution >= 0.6 is 22.7 Å². The molecule has 1 atom stereocenters. The molecule has 1 unspecified atom stereocenters. The van der Waals surface area contributed by atoms with Crippen LogP contribution in [0.1, 0.15) is 105 Å². The Bertz CT molecular complexity index is 1560. The van der Waals surface area contributed by atoms with Gasteiger partial charge in [-0.15, -0.1) is 11.3 Å². The monoisotopic (exact) mass is 662 g/mol. The molecule has 1 aliphatic heterocycles. The Kier molecular flexibility index (Phi) is 11.4. The first-order valence-corrected chi connectivity index (χ1v) is 18.2. The maximum atomic E-state index is 13.1. The van der Waals surface area contributed by atoms with Gasteiger partial charge in [-0.1, -0.05) is 0 Å². The summed E-state index contributed by atoms with van der Waals surface area (Å²) < 4.78 is 17.3. The normalized spacial score (nSPS) is 16.8. The quantitative estimate of drug-likeness (QED) is 0.0827. The SMILES string of the molecule is Cc1c(C)c2c(c(C)c1CN=C(N)NCCCC(NCB=O)C(=O)c1nc3c(s1)CCC3)CCC(C)(C)O2.c1nc2c(s1)CCC2. The van der Waals surface area contributed by atoms with Gasteiger partial charge in [0.2, 0.25) is 0 Å². The maximum Gasteiger partial charge on any atom is 0.104 e. The summed E-state index contributed by atoms with van der Waals surface area (Å²) in [5.41, 5.74) is 16.5. The number of guanidine groups is 1. The average molecular weight is 663 g/mol. The van der Waals surface area contributed by atoms with Crippen molar-refractivity contribution in [3.05, 3.63) is 59.5 Å². The number of fused-ring (bicyclic) bond motifs is 3. The number of aromatic nitrogens is 2. The standard InChI is InChI=1S/C28H40BN5O3S.C6H7NS/c1-16-17(2)25-19(11-12-28(4,5)37-25)18(3)20(16)14-32-27(30)31-13-7-9-22(33-15-29-36)24(35)26-34-21-8-6-10-23(21)38-26;1-2-5-6(3-1)8-4-7-5/h22,33H,6-15H2,1-5H3,(H3,30,31,32);4H,1-3H2. The van der Waals surface area contributed by atoms with Crippen LogP contribution in [0.5, 0.6) is 5.75 Å². The van der Waals surface area contributed by atoms with E-state index < -0.39 is 6.04 Å². The van der Waals surface area contributed by atoms with Gasteiger partial charge >= 0.3 is 156 Å². The van der Waals surface area contributed by atoms with Crippen molar-refractivity contribution in [3.63, 3.8) is 0 Å². The van der Waals surface area contributed by atoms with Gasteiger partial charge in [-0.25, -0.2) is 4.98 Å². The third-order valence-corrected chi connectivity index (χ3v) is 11.5. The minimum Gasteiger partial charge on any atom is -0.487 e. The van der Waals surface area contributed by atoms with Crippen molar-refractivity contribution in [2.24, 2.45) is 10.7 Å². The predicted octanol–water partition coefficient (Wildman–Crippen LogP) is 5.33. The second kappa shape index (κ2) is 15.3. The Morgan fingerprint density at radius 2 is 1.85 bits per heavy atom. The van der Waals surface area contributed by atoms with Crippen molar-refractivity contribution in [2.75, 3.05) is 13.0 Å². The minimum atomic E-state index is -0.442. The van der Waals surface area contributed by atoms with Crippen molar-refractivity contribution in [2.45, 2.75) is 117 Å². The van der Waals surface area contributed by atoms with Gasteiger partial charge in [0.1, 0.15) is 11.4 Å². The Morgan fingerprint density at radius 3 is 2.59 bits per heavy atom. The van der Waals surface area contributed by atoms with Crippen molar-refractivity contribution in [1.82, 2.24) is 20.6 Å². The van der Waals surface area contributed by atoms with E-state index in [1.807, 2.05) is 5.51 Å². The van der Waals surface area contributed by atoms with Crippen LogP contribution in [0.2, 0.25) is 0 Å². The van der Waals surface area contributed by atoms with Crippen molar-refractivity contribution in [1.29, 1.82) is 0 Å². The third kappa shape index (κ3) is 8.12. The molecule has 0 amide bonds. The molecule has 0 bridgehead atoms. The summed E-state index contributed by atoms with van der Waals surface area (Å²) in [7, 11) is 0.782. The van der Waals surface area contributed by atoms with Crippen LogP contribution in [0.25, 0.3) is 0 Å². The molecule has 246 valence electrons. The van der Waals surface area contributed by atoms with E-state index in [4.69, 9.17) is 10.5 Å². The number of nitrogens with one attached hydrogen (secondary N) is 2. The molecule has 6 rings (SSSR count). The molecular weight excluding hydrogens is 615 g/mol. The van der Waals surface area contributed by atoms with Crippen LogP contribution in [-0.2, 0) is 43.4 Å². The molecule has 0 radical (unpaired) electrons. The van der Waals surface area contributed by atoms with E-state index in [0.717, 1.165) is 50.7 Å². The topological polar surface area (TPSA) is 132 Å². The zero-order valence-electron chi connectivity index (χ0n) is 27.9. The Morgan fingerprint density at radius 1 is 1.09 bits per heavy atom. The van der Waals surface area contributed by atoms with Gasteiger partial charge in [0.25, 0.3) is 0 Å². The summed E-state index contributed by atoms with van der Waals surface area (Å²) in [6.45, 7) is 11.8. The van der Waals surface area contributed by atoms with Gasteiger partial charge in [0.15, 0.2) is 0 Å². The smallest absolute Gasteiger partial charge is 0.104 e. The summed E-state index contributed by atoms with van der Waals surface area (Å²) in [5, 5.41) is 6.80. The number of benzene rings is 1. The maximum absolute atomic E-state index is 13.1. The van der Waals surface area contributed by atoms with Gasteiger partial charge < -0.3 is 4.74 Å². The van der Waals surface area contributed by atoms with Gasteiger partial charge in [-0.2, -0.15) is 0 Å². The second-order valence-corrected chi connectivity index (χ2v) is 15.1. The number of thiazole rings is 2. The van der Waals surface area contributed by atoms with Crippen LogP contribution in [0.15, 0.2) is 10.5 Å². The van der Waals surface area contributed by atoms with Crippen LogP contribution in [0.4, 0.5) is 0 Å². The number of Topliss-reactive ketones (excluding diaryl/α,β-unsaturated/α-hetero) is 1. The van der Waals surface area contributed by atoms with Crippen LogP contribution in [-0.4, -0.2) is 53.5 Å². The number of ether oxygens (including phenoxy) is 1. The number of carbonyl (C=O) groups excluding carboxylic acids is 1.